The van der Waals surface area contributed by atoms with Crippen LogP contribution < -0.4 is 11.4 Å². The van der Waals surface area contributed by atoms with Gasteiger partial charge in [0.1, 0.15) is 36.3 Å². The van der Waals surface area contributed by atoms with Crippen LogP contribution in [0.1, 0.15) is 6.23 Å². The summed E-state index contributed by atoms with van der Waals surface area (Å²) in [7, 11) is 0. The van der Waals surface area contributed by atoms with Gasteiger partial charge in [-0.25, -0.2) is 4.79 Å². The summed E-state index contributed by atoms with van der Waals surface area (Å²) in [4.78, 5) is 15.4. The van der Waals surface area contributed by atoms with Gasteiger partial charge in [0.2, 0.25) is 0 Å². The average molecular weight is 428 g/mol. The van der Waals surface area contributed by atoms with Crippen LogP contribution in [0.15, 0.2) is 11.0 Å². The van der Waals surface area contributed by atoms with Crippen molar-refractivity contribution >= 4 is 17.4 Å². The molecule has 0 spiro atoms. The van der Waals surface area contributed by atoms with E-state index in [1.54, 1.807) is 0 Å². The van der Waals surface area contributed by atoms with Gasteiger partial charge in [-0.05, 0) is 0 Å². The first-order valence-electron chi connectivity index (χ1n) is 8.12. The molecule has 7 N–H and O–H groups in total. The molecule has 0 amide bonds. The molecule has 2 saturated heterocycles. The van der Waals surface area contributed by atoms with Crippen LogP contribution in [-0.2, 0) is 14.2 Å². The first kappa shape index (κ1) is 21.3. The third-order valence-electron chi connectivity index (χ3n) is 4.54. The summed E-state index contributed by atoms with van der Waals surface area (Å²) in [5.74, 6) is -0.237. The number of aliphatic hydroxyl groups is 5. The van der Waals surface area contributed by atoms with E-state index in [0.29, 0.717) is 0 Å². The molecule has 12 nitrogen and oxygen atoms in total. The number of nitrogen functional groups attached to an aromatic ring is 1. The summed E-state index contributed by atoms with van der Waals surface area (Å²) in [6.45, 7) is -1.51. The van der Waals surface area contributed by atoms with Gasteiger partial charge in [0.05, 0.1) is 18.2 Å². The zero-order chi connectivity index (χ0) is 20.8. The number of hydrogen-bond acceptors (Lipinski definition) is 11. The Bertz CT molecular complexity index is 785. The molecule has 1 aromatic heterocycles. The first-order valence-corrected chi connectivity index (χ1v) is 8.50. The second-order valence-corrected chi connectivity index (χ2v) is 6.79. The highest BCUT2D eigenvalue weighted by atomic mass is 35.5. The maximum Gasteiger partial charge on any atom is 0.351 e. The fourth-order valence-corrected chi connectivity index (χ4v) is 3.10. The second-order valence-electron chi connectivity index (χ2n) is 6.38. The van der Waals surface area contributed by atoms with Gasteiger partial charge >= 0.3 is 11.7 Å². The standard InChI is InChI=1S/C14H19ClFN3O9/c15-4-1-19(13(25)18-11(4)17)12-9(23)7(21)6(27-12)3-26-14(16)10(24)8(22)5(2-20)28-14/h1,5-10,12,20-24H,2-3H2,(H2,17,18,25)/t5-,6-,7-,8-,9-,10+,12-,14?/m1/s1. The van der Waals surface area contributed by atoms with Crippen LogP contribution in [0.4, 0.5) is 10.2 Å². The van der Waals surface area contributed by atoms with E-state index in [9.17, 15) is 29.6 Å². The van der Waals surface area contributed by atoms with E-state index in [0.717, 1.165) is 10.8 Å². The minimum absolute atomic E-state index is 0.0983. The third-order valence-corrected chi connectivity index (χ3v) is 4.83. The summed E-state index contributed by atoms with van der Waals surface area (Å²) < 4.78 is 30.2. The van der Waals surface area contributed by atoms with Crippen molar-refractivity contribution in [3.05, 3.63) is 21.7 Å². The number of nitrogens with two attached hydrogens (primary N) is 1. The highest BCUT2D eigenvalue weighted by Gasteiger charge is 2.57. The maximum atomic E-state index is 14.6. The summed E-state index contributed by atoms with van der Waals surface area (Å²) in [5.41, 5.74) is 4.50. The van der Waals surface area contributed by atoms with Gasteiger partial charge < -0.3 is 45.5 Å². The molecular weight excluding hydrogens is 409 g/mol. The monoisotopic (exact) mass is 427 g/mol. The fraction of sp³-hybridized carbons (Fsp3) is 0.714. The molecular formula is C14H19ClFN3O9. The minimum atomic E-state index is -3.18. The molecule has 0 aromatic carbocycles. The Morgan fingerprint density at radius 2 is 1.96 bits per heavy atom. The van der Waals surface area contributed by atoms with Crippen LogP contribution in [0.3, 0.4) is 0 Å². The Labute approximate surface area is 161 Å². The number of nitrogens with zero attached hydrogens (tertiary/aromatic N) is 2. The fourth-order valence-electron chi connectivity index (χ4n) is 2.95. The lowest BCUT2D eigenvalue weighted by Gasteiger charge is -2.25. The Balaban J connectivity index is 1.72. The molecule has 14 heteroatoms. The van der Waals surface area contributed by atoms with Crippen molar-refractivity contribution in [1.29, 1.82) is 0 Å². The zero-order valence-corrected chi connectivity index (χ0v) is 14.9. The van der Waals surface area contributed by atoms with Crippen LogP contribution in [0, 0.1) is 0 Å². The zero-order valence-electron chi connectivity index (χ0n) is 14.1. The van der Waals surface area contributed by atoms with E-state index in [-0.39, 0.29) is 10.8 Å². The molecule has 1 aromatic rings. The van der Waals surface area contributed by atoms with Crippen molar-refractivity contribution in [3.63, 3.8) is 0 Å². The number of rotatable bonds is 5. The molecule has 2 aliphatic heterocycles. The number of aromatic nitrogens is 2. The van der Waals surface area contributed by atoms with Gasteiger partial charge in [0.25, 0.3) is 0 Å². The van der Waals surface area contributed by atoms with Gasteiger partial charge in [-0.1, -0.05) is 11.6 Å². The molecule has 3 heterocycles. The predicted octanol–water partition coefficient (Wildman–Crippen LogP) is -3.15. The molecule has 3 rings (SSSR count). The number of halogens is 2. The number of alkyl halides is 1. The van der Waals surface area contributed by atoms with Crippen LogP contribution in [-0.4, -0.2) is 91.0 Å². The Morgan fingerprint density at radius 1 is 1.29 bits per heavy atom. The lowest BCUT2D eigenvalue weighted by molar-refractivity contribution is -0.342. The Kier molecular flexibility index (Phi) is 5.91. The molecule has 0 bridgehead atoms. The summed E-state index contributed by atoms with van der Waals surface area (Å²) in [6, 6.07) is -3.18. The van der Waals surface area contributed by atoms with E-state index < -0.39 is 67.8 Å². The van der Waals surface area contributed by atoms with E-state index in [4.69, 9.17) is 31.9 Å². The Morgan fingerprint density at radius 3 is 2.57 bits per heavy atom. The molecule has 0 saturated carbocycles. The summed E-state index contributed by atoms with van der Waals surface area (Å²) in [6.07, 6.45) is -10.3. The molecule has 158 valence electrons. The van der Waals surface area contributed by atoms with E-state index >= 15 is 0 Å². The molecule has 0 radical (unpaired) electrons. The first-order chi connectivity index (χ1) is 13.1. The quantitative estimate of drug-likeness (QED) is 0.278. The number of hydrogen-bond donors (Lipinski definition) is 6. The average Bonchev–Trinajstić information content (AvgIpc) is 3.06. The molecule has 2 fully saturated rings. The number of aliphatic hydroxyl groups excluding tert-OH is 5. The molecule has 2 aliphatic rings. The largest absolute Gasteiger partial charge is 0.394 e. The lowest BCUT2D eigenvalue weighted by Crippen LogP contribution is -2.44. The van der Waals surface area contributed by atoms with Crippen molar-refractivity contribution in [3.8, 4) is 0 Å². The summed E-state index contributed by atoms with van der Waals surface area (Å²) in [5, 5.41) is 48.5. The minimum Gasteiger partial charge on any atom is -0.394 e. The molecule has 8 atom stereocenters. The van der Waals surface area contributed by atoms with Crippen molar-refractivity contribution in [2.75, 3.05) is 18.9 Å². The third kappa shape index (κ3) is 3.60. The van der Waals surface area contributed by atoms with Crippen LogP contribution in [0.25, 0.3) is 0 Å². The topological polar surface area (TPSA) is 190 Å². The number of ether oxygens (including phenoxy) is 3. The highest BCUT2D eigenvalue weighted by molar-refractivity contribution is 6.32. The van der Waals surface area contributed by atoms with Gasteiger partial charge in [0, 0.05) is 6.20 Å². The SMILES string of the molecule is Nc1nc(=O)n([C@@H]2O[C@H](COC3(F)O[C@H](CO)[C@@H](O)[C@@H]3O)[C@@H](O)[C@H]2O)cc1Cl. The molecule has 1 unspecified atom stereocenters. The summed E-state index contributed by atoms with van der Waals surface area (Å²) >= 11 is 5.80. The highest BCUT2D eigenvalue weighted by Crippen LogP contribution is 2.36. The van der Waals surface area contributed by atoms with Gasteiger partial charge in [-0.15, -0.1) is 0 Å². The van der Waals surface area contributed by atoms with E-state index in [2.05, 4.69) is 9.72 Å². The Hall–Kier alpha value is -1.42. The molecule has 0 aliphatic carbocycles. The van der Waals surface area contributed by atoms with Gasteiger partial charge in [0.15, 0.2) is 12.3 Å². The smallest absolute Gasteiger partial charge is 0.351 e. The van der Waals surface area contributed by atoms with Gasteiger partial charge in [-0.2, -0.15) is 9.37 Å². The van der Waals surface area contributed by atoms with Crippen LogP contribution in [0.2, 0.25) is 5.02 Å². The second kappa shape index (κ2) is 7.78. The maximum absolute atomic E-state index is 14.6. The molecule has 28 heavy (non-hydrogen) atoms. The van der Waals surface area contributed by atoms with Gasteiger partial charge in [-0.3, -0.25) is 4.57 Å². The predicted molar refractivity (Wildman–Crippen MR) is 87.6 cm³/mol. The van der Waals surface area contributed by atoms with Crippen molar-refractivity contribution in [2.45, 2.75) is 48.9 Å². The number of anilines is 1. The van der Waals surface area contributed by atoms with Crippen molar-refractivity contribution < 1.29 is 44.1 Å². The van der Waals surface area contributed by atoms with Crippen LogP contribution in [0.5, 0.6) is 0 Å². The van der Waals surface area contributed by atoms with Crippen LogP contribution >= 0.6 is 11.6 Å². The lowest BCUT2D eigenvalue weighted by atomic mass is 10.1. The van der Waals surface area contributed by atoms with Crippen molar-refractivity contribution in [2.24, 2.45) is 0 Å². The van der Waals surface area contributed by atoms with Crippen molar-refractivity contribution in [1.82, 2.24) is 9.55 Å². The normalized spacial score (nSPS) is 40.9. The van der Waals surface area contributed by atoms with E-state index in [1.165, 1.54) is 0 Å². The van der Waals surface area contributed by atoms with E-state index in [1.807, 2.05) is 0 Å².